The minimum atomic E-state index is -0.397. The van der Waals surface area contributed by atoms with E-state index >= 15 is 0 Å². The van der Waals surface area contributed by atoms with E-state index in [-0.39, 0.29) is 6.61 Å². The summed E-state index contributed by atoms with van der Waals surface area (Å²) in [6, 6.07) is 5.71. The Hall–Kier alpha value is -1.07. The molecule has 88 valence electrons. The Bertz CT molecular complexity index is 368. The van der Waals surface area contributed by atoms with Gasteiger partial charge in [0.2, 0.25) is 0 Å². The van der Waals surface area contributed by atoms with Crippen LogP contribution in [0, 0.1) is 0 Å². The molecule has 16 heavy (non-hydrogen) atoms. The van der Waals surface area contributed by atoms with E-state index < -0.39 is 5.97 Å². The first-order chi connectivity index (χ1) is 7.67. The van der Waals surface area contributed by atoms with Gasteiger partial charge in [-0.15, -0.1) is 0 Å². The van der Waals surface area contributed by atoms with Gasteiger partial charge >= 0.3 is 5.97 Å². The highest BCUT2D eigenvalue weighted by Crippen LogP contribution is 2.25. The first-order valence-corrected chi connectivity index (χ1v) is 5.59. The van der Waals surface area contributed by atoms with Crippen molar-refractivity contribution < 1.29 is 14.3 Å². The Morgan fingerprint density at radius 1 is 1.50 bits per heavy atom. The number of hydrogen-bond donors (Lipinski definition) is 1. The minimum Gasteiger partial charge on any atom is -0.481 e. The van der Waals surface area contributed by atoms with Crippen LogP contribution >= 0.6 is 15.9 Å². The molecule has 0 saturated carbocycles. The van der Waals surface area contributed by atoms with Crippen molar-refractivity contribution in [3.63, 3.8) is 0 Å². The maximum absolute atomic E-state index is 10.9. The average molecular weight is 288 g/mol. The number of carbonyl (C=O) groups is 1. The Kier molecular flexibility index (Phi) is 5.28. The van der Waals surface area contributed by atoms with Crippen LogP contribution in [0.15, 0.2) is 22.7 Å². The highest BCUT2D eigenvalue weighted by Gasteiger charge is 2.05. The van der Waals surface area contributed by atoms with E-state index in [1.807, 2.05) is 25.2 Å². The first-order valence-electron chi connectivity index (χ1n) is 4.80. The summed E-state index contributed by atoms with van der Waals surface area (Å²) in [5, 5.41) is 3.05. The van der Waals surface area contributed by atoms with E-state index in [1.54, 1.807) is 0 Å². The summed E-state index contributed by atoms with van der Waals surface area (Å²) in [6.45, 7) is 0.705. The number of nitrogens with one attached hydrogen (secondary N) is 1. The van der Waals surface area contributed by atoms with Gasteiger partial charge in [0.05, 0.1) is 11.6 Å². The lowest BCUT2D eigenvalue weighted by atomic mass is 10.2. The third-order valence-corrected chi connectivity index (χ3v) is 2.57. The standard InChI is InChI=1S/C11H14BrNO3/c1-13-6-8-3-4-10(9(12)5-8)16-7-11(14)15-2/h3-5,13H,6-7H2,1-2H3. The van der Waals surface area contributed by atoms with Crippen LogP contribution in [0.25, 0.3) is 0 Å². The summed E-state index contributed by atoms with van der Waals surface area (Å²) >= 11 is 3.38. The van der Waals surface area contributed by atoms with Crippen LogP contribution in [0.2, 0.25) is 0 Å². The second-order valence-corrected chi connectivity index (χ2v) is 4.01. The molecule has 4 nitrogen and oxygen atoms in total. The van der Waals surface area contributed by atoms with E-state index in [2.05, 4.69) is 26.0 Å². The van der Waals surface area contributed by atoms with Gasteiger partial charge in [0.25, 0.3) is 0 Å². The number of rotatable bonds is 5. The molecule has 0 aromatic heterocycles. The van der Waals surface area contributed by atoms with E-state index in [0.717, 1.165) is 16.6 Å². The van der Waals surface area contributed by atoms with Crippen molar-refractivity contribution in [2.45, 2.75) is 6.54 Å². The maximum Gasteiger partial charge on any atom is 0.343 e. The second kappa shape index (κ2) is 6.50. The van der Waals surface area contributed by atoms with Gasteiger partial charge in [-0.1, -0.05) is 6.07 Å². The molecule has 0 heterocycles. The molecular weight excluding hydrogens is 274 g/mol. The molecule has 0 aliphatic heterocycles. The van der Waals surface area contributed by atoms with Crippen molar-refractivity contribution in [2.24, 2.45) is 0 Å². The molecule has 0 spiro atoms. The molecule has 1 aromatic rings. The summed E-state index contributed by atoms with van der Waals surface area (Å²) in [6.07, 6.45) is 0. The number of halogens is 1. The Morgan fingerprint density at radius 3 is 2.81 bits per heavy atom. The minimum absolute atomic E-state index is 0.0829. The molecule has 0 bridgehead atoms. The average Bonchev–Trinajstić information content (AvgIpc) is 2.28. The molecule has 0 fully saturated rings. The fourth-order valence-electron chi connectivity index (χ4n) is 1.17. The number of methoxy groups -OCH3 is 1. The van der Waals surface area contributed by atoms with Crippen molar-refractivity contribution in [1.82, 2.24) is 5.32 Å². The van der Waals surface area contributed by atoms with Crippen LogP contribution in [-0.2, 0) is 16.1 Å². The highest BCUT2D eigenvalue weighted by atomic mass is 79.9. The zero-order valence-electron chi connectivity index (χ0n) is 9.25. The van der Waals surface area contributed by atoms with Gasteiger partial charge in [-0.05, 0) is 40.7 Å². The number of benzene rings is 1. The largest absolute Gasteiger partial charge is 0.481 e. The molecule has 0 aliphatic carbocycles. The van der Waals surface area contributed by atoms with Crippen LogP contribution in [0.3, 0.4) is 0 Å². The fourth-order valence-corrected chi connectivity index (χ4v) is 1.71. The van der Waals surface area contributed by atoms with E-state index in [4.69, 9.17) is 4.74 Å². The predicted octanol–water partition coefficient (Wildman–Crippen LogP) is 1.72. The summed E-state index contributed by atoms with van der Waals surface area (Å²) < 4.78 is 10.6. The molecule has 1 N–H and O–H groups in total. The maximum atomic E-state index is 10.9. The Balaban J connectivity index is 2.64. The van der Waals surface area contributed by atoms with Crippen LogP contribution in [0.4, 0.5) is 0 Å². The summed E-state index contributed by atoms with van der Waals surface area (Å²) in [4.78, 5) is 10.9. The van der Waals surface area contributed by atoms with Gasteiger partial charge in [0.15, 0.2) is 6.61 Å². The molecule has 0 unspecified atom stereocenters. The summed E-state index contributed by atoms with van der Waals surface area (Å²) in [5.74, 6) is 0.233. The zero-order valence-corrected chi connectivity index (χ0v) is 10.8. The fraction of sp³-hybridized carbons (Fsp3) is 0.364. The Labute approximate surface area is 103 Å². The van der Waals surface area contributed by atoms with Gasteiger partial charge in [0.1, 0.15) is 5.75 Å². The normalized spacial score (nSPS) is 9.94. The molecule has 0 aliphatic rings. The molecule has 1 rings (SSSR count). The van der Waals surface area contributed by atoms with Crippen molar-refractivity contribution >= 4 is 21.9 Å². The Morgan fingerprint density at radius 2 is 2.25 bits per heavy atom. The van der Waals surface area contributed by atoms with Crippen molar-refractivity contribution in [3.8, 4) is 5.75 Å². The number of esters is 1. The molecule has 5 heteroatoms. The van der Waals surface area contributed by atoms with Crippen molar-refractivity contribution in [3.05, 3.63) is 28.2 Å². The number of hydrogen-bond acceptors (Lipinski definition) is 4. The molecule has 1 aromatic carbocycles. The van der Waals surface area contributed by atoms with E-state index in [9.17, 15) is 4.79 Å². The number of carbonyl (C=O) groups excluding carboxylic acids is 1. The lowest BCUT2D eigenvalue weighted by molar-refractivity contribution is -0.142. The van der Waals surface area contributed by atoms with Crippen molar-refractivity contribution in [2.75, 3.05) is 20.8 Å². The monoisotopic (exact) mass is 287 g/mol. The zero-order chi connectivity index (χ0) is 12.0. The second-order valence-electron chi connectivity index (χ2n) is 3.16. The van der Waals surface area contributed by atoms with E-state index in [0.29, 0.717) is 5.75 Å². The highest BCUT2D eigenvalue weighted by molar-refractivity contribution is 9.10. The topological polar surface area (TPSA) is 47.6 Å². The van der Waals surface area contributed by atoms with Crippen LogP contribution in [0.5, 0.6) is 5.75 Å². The molecule has 0 atom stereocenters. The summed E-state index contributed by atoms with van der Waals surface area (Å²) in [7, 11) is 3.21. The van der Waals surface area contributed by atoms with Gasteiger partial charge in [-0.25, -0.2) is 4.79 Å². The first kappa shape index (κ1) is 13.0. The summed E-state index contributed by atoms with van der Waals surface area (Å²) in [5.41, 5.74) is 1.14. The molecular formula is C11H14BrNO3. The lowest BCUT2D eigenvalue weighted by Gasteiger charge is -2.08. The quantitative estimate of drug-likeness (QED) is 0.838. The number of ether oxygens (including phenoxy) is 2. The molecule has 0 saturated heterocycles. The van der Waals surface area contributed by atoms with E-state index in [1.165, 1.54) is 7.11 Å². The van der Waals surface area contributed by atoms with Crippen LogP contribution < -0.4 is 10.1 Å². The van der Waals surface area contributed by atoms with Gasteiger partial charge < -0.3 is 14.8 Å². The molecule has 0 amide bonds. The van der Waals surface area contributed by atoms with Crippen LogP contribution in [0.1, 0.15) is 5.56 Å². The van der Waals surface area contributed by atoms with Gasteiger partial charge in [-0.2, -0.15) is 0 Å². The van der Waals surface area contributed by atoms with Gasteiger partial charge in [-0.3, -0.25) is 0 Å². The molecule has 0 radical (unpaired) electrons. The van der Waals surface area contributed by atoms with Gasteiger partial charge in [0, 0.05) is 6.54 Å². The lowest BCUT2D eigenvalue weighted by Crippen LogP contribution is -2.13. The third-order valence-electron chi connectivity index (χ3n) is 1.95. The third kappa shape index (κ3) is 3.83. The smallest absolute Gasteiger partial charge is 0.343 e. The predicted molar refractivity (Wildman–Crippen MR) is 64.4 cm³/mol. The SMILES string of the molecule is CNCc1ccc(OCC(=O)OC)c(Br)c1. The van der Waals surface area contributed by atoms with Crippen molar-refractivity contribution in [1.29, 1.82) is 0 Å². The van der Waals surface area contributed by atoms with Crippen LogP contribution in [-0.4, -0.2) is 26.7 Å².